The van der Waals surface area contributed by atoms with E-state index in [9.17, 15) is 45.3 Å². The van der Waals surface area contributed by atoms with E-state index in [1.807, 2.05) is 6.08 Å². The first kappa shape index (κ1) is 61.8. The number of hydrogen-bond acceptors (Lipinski definition) is 15. The van der Waals surface area contributed by atoms with Crippen LogP contribution in [0.25, 0.3) is 0 Å². The van der Waals surface area contributed by atoms with Crippen LogP contribution in [0.15, 0.2) is 37.0 Å². The van der Waals surface area contributed by atoms with E-state index in [0.29, 0.717) is 12.8 Å². The molecule has 15 heteroatoms. The van der Waals surface area contributed by atoms with Crippen molar-refractivity contribution in [3.05, 3.63) is 37.0 Å². The molecule has 0 amide bonds. The van der Waals surface area contributed by atoms with Gasteiger partial charge in [-0.15, -0.1) is 6.58 Å². The summed E-state index contributed by atoms with van der Waals surface area (Å²) in [5, 5.41) is 72.1. The Hall–Kier alpha value is -2.28. The van der Waals surface area contributed by atoms with Gasteiger partial charge in [0.05, 0.1) is 19.8 Å². The molecule has 2 aliphatic heterocycles. The molecule has 0 saturated carbocycles. The Morgan fingerprint density at radius 1 is 0.515 bits per heavy atom. The maximum absolute atomic E-state index is 13.0. The highest BCUT2D eigenvalue weighted by Crippen LogP contribution is 2.26. The van der Waals surface area contributed by atoms with Gasteiger partial charge in [-0.25, -0.2) is 0 Å². The maximum Gasteiger partial charge on any atom is 0.306 e. The van der Waals surface area contributed by atoms with Gasteiger partial charge in [-0.05, 0) is 57.8 Å². The van der Waals surface area contributed by atoms with Crippen LogP contribution < -0.4 is 0 Å². The molecule has 0 radical (unpaired) electrons. The molecule has 0 aromatic rings. The summed E-state index contributed by atoms with van der Waals surface area (Å²) in [6, 6.07) is 0. The smallest absolute Gasteiger partial charge is 0.306 e. The Bertz CT molecular complexity index is 1310. The summed E-state index contributed by atoms with van der Waals surface area (Å²) in [5.41, 5.74) is 0. The summed E-state index contributed by atoms with van der Waals surface area (Å²) in [5.74, 6) is -0.933. The summed E-state index contributed by atoms with van der Waals surface area (Å²) >= 11 is 0. The third kappa shape index (κ3) is 27.9. The van der Waals surface area contributed by atoms with Crippen molar-refractivity contribution in [1.29, 1.82) is 0 Å². The minimum Gasteiger partial charge on any atom is -0.462 e. The van der Waals surface area contributed by atoms with Crippen LogP contribution in [0.1, 0.15) is 193 Å². The lowest BCUT2D eigenvalue weighted by atomic mass is 9.98. The SMILES string of the molecule is C=CCCCCCCCCCCCCCCCC(=O)O[C@@H](COC(=O)CCCCCCCCC/C=C/C/C=C/CCCCC)CO[C@@H]1O[C@H](CO[C@@H]2O[C@H](CO)[C@H](O)C(O)C2O)[C@H](O)C(O)C1O. The highest BCUT2D eigenvalue weighted by atomic mass is 16.7. The minimum atomic E-state index is -1.77. The first-order chi connectivity index (χ1) is 33.0. The second-order valence-corrected chi connectivity index (χ2v) is 18.8. The lowest BCUT2D eigenvalue weighted by molar-refractivity contribution is -0.332. The average molecular weight is 971 g/mol. The first-order valence-corrected chi connectivity index (χ1v) is 26.5. The largest absolute Gasteiger partial charge is 0.462 e. The van der Waals surface area contributed by atoms with E-state index in [2.05, 4.69) is 37.8 Å². The number of aliphatic hydroxyl groups is 7. The number of hydrogen-bond donors (Lipinski definition) is 7. The zero-order chi connectivity index (χ0) is 49.6. The highest BCUT2D eigenvalue weighted by molar-refractivity contribution is 5.70. The summed E-state index contributed by atoms with van der Waals surface area (Å²) in [6.07, 6.45) is 24.8. The molecule has 4 unspecified atom stereocenters. The van der Waals surface area contributed by atoms with Gasteiger partial charge in [-0.2, -0.15) is 0 Å². The Labute approximate surface area is 408 Å². The Morgan fingerprint density at radius 2 is 0.956 bits per heavy atom. The summed E-state index contributed by atoms with van der Waals surface area (Å²) in [7, 11) is 0. The molecular weight excluding hydrogens is 877 g/mol. The number of carbonyl (C=O) groups is 2. The van der Waals surface area contributed by atoms with Gasteiger partial charge in [-0.1, -0.05) is 153 Å². The summed E-state index contributed by atoms with van der Waals surface area (Å²) in [4.78, 5) is 25.8. The number of allylic oxidation sites excluding steroid dienone is 5. The van der Waals surface area contributed by atoms with Gasteiger partial charge >= 0.3 is 11.9 Å². The van der Waals surface area contributed by atoms with Gasteiger partial charge in [0.1, 0.15) is 55.4 Å². The molecule has 0 bridgehead atoms. The van der Waals surface area contributed by atoms with E-state index >= 15 is 0 Å². The average Bonchev–Trinajstić information content (AvgIpc) is 3.33. The highest BCUT2D eigenvalue weighted by Gasteiger charge is 2.47. The minimum absolute atomic E-state index is 0.162. The van der Waals surface area contributed by atoms with Crippen LogP contribution in [-0.2, 0) is 38.0 Å². The molecule has 2 aliphatic rings. The number of ether oxygens (including phenoxy) is 6. The topological polar surface area (TPSA) is 231 Å². The molecular formula is C53H94O15. The molecule has 2 rings (SSSR count). The van der Waals surface area contributed by atoms with Crippen molar-refractivity contribution in [2.75, 3.05) is 26.4 Å². The van der Waals surface area contributed by atoms with E-state index in [4.69, 9.17) is 28.4 Å². The molecule has 0 spiro atoms. The predicted molar refractivity (Wildman–Crippen MR) is 261 cm³/mol. The third-order valence-corrected chi connectivity index (χ3v) is 12.7. The Kier molecular flexibility index (Phi) is 36.7. The van der Waals surface area contributed by atoms with Crippen LogP contribution in [0, 0.1) is 0 Å². The van der Waals surface area contributed by atoms with Crippen molar-refractivity contribution in [2.24, 2.45) is 0 Å². The third-order valence-electron chi connectivity index (χ3n) is 12.7. The fourth-order valence-electron chi connectivity index (χ4n) is 8.34. The molecule has 0 aromatic heterocycles. The Morgan fingerprint density at radius 3 is 1.47 bits per heavy atom. The van der Waals surface area contributed by atoms with E-state index in [1.165, 1.54) is 96.3 Å². The monoisotopic (exact) mass is 971 g/mol. The van der Waals surface area contributed by atoms with Crippen LogP contribution in [0.4, 0.5) is 0 Å². The zero-order valence-corrected chi connectivity index (χ0v) is 41.7. The van der Waals surface area contributed by atoms with E-state index in [1.54, 1.807) is 0 Å². The lowest BCUT2D eigenvalue weighted by Crippen LogP contribution is -2.61. The van der Waals surface area contributed by atoms with Crippen LogP contribution in [0.5, 0.6) is 0 Å². The van der Waals surface area contributed by atoms with Gasteiger partial charge in [0, 0.05) is 12.8 Å². The molecule has 0 aliphatic carbocycles. The lowest BCUT2D eigenvalue weighted by Gasteiger charge is -2.42. The molecule has 2 saturated heterocycles. The standard InChI is InChI=1S/C53H94O15/c1-3-5-7-9-11-13-15-17-19-20-22-23-25-27-29-31-33-35-44(55)63-38-41(66-45(56)36-34-32-30-28-26-24-21-18-16-14-12-10-8-6-4-2)39-64-52-51(62)49(60)47(58)43(68-52)40-65-53-50(61)48(59)46(57)42(37-54)67-53/h4,11,13,17,19,41-43,46-54,57-62H,2-3,5-10,12,14-16,18,20-40H2,1H3/b13-11+,19-17+/t41-,42+,43+,46-,47-,48?,49?,50?,51?,52+,53+/m0/s1. The number of rotatable bonds is 42. The quantitative estimate of drug-likeness (QED) is 0.0176. The maximum atomic E-state index is 13.0. The van der Waals surface area contributed by atoms with E-state index < -0.39 is 92.7 Å². The Balaban J connectivity index is 1.79. The summed E-state index contributed by atoms with van der Waals surface area (Å²) < 4.78 is 33.6. The molecule has 2 fully saturated rings. The number of aliphatic hydroxyl groups excluding tert-OH is 7. The van der Waals surface area contributed by atoms with Gasteiger partial charge < -0.3 is 64.2 Å². The number of unbranched alkanes of at least 4 members (excludes halogenated alkanes) is 23. The van der Waals surface area contributed by atoms with Crippen molar-refractivity contribution in [3.8, 4) is 0 Å². The van der Waals surface area contributed by atoms with Crippen molar-refractivity contribution in [3.63, 3.8) is 0 Å². The molecule has 11 atom stereocenters. The van der Waals surface area contributed by atoms with Crippen molar-refractivity contribution >= 4 is 11.9 Å². The second-order valence-electron chi connectivity index (χ2n) is 18.8. The number of esters is 2. The van der Waals surface area contributed by atoms with Crippen molar-refractivity contribution < 1.29 is 73.8 Å². The van der Waals surface area contributed by atoms with Crippen LogP contribution in [-0.4, -0.2) is 142 Å². The molecule has 396 valence electrons. The van der Waals surface area contributed by atoms with Crippen molar-refractivity contribution in [2.45, 2.75) is 261 Å². The molecule has 0 aromatic carbocycles. The summed E-state index contributed by atoms with van der Waals surface area (Å²) in [6.45, 7) is 4.10. The predicted octanol–water partition coefficient (Wildman–Crippen LogP) is 7.71. The van der Waals surface area contributed by atoms with E-state index in [-0.39, 0.29) is 26.1 Å². The number of carbonyl (C=O) groups excluding carboxylic acids is 2. The van der Waals surface area contributed by atoms with Crippen LogP contribution >= 0.6 is 0 Å². The molecule has 7 N–H and O–H groups in total. The van der Waals surface area contributed by atoms with Gasteiger partial charge in [0.25, 0.3) is 0 Å². The zero-order valence-electron chi connectivity index (χ0n) is 41.7. The van der Waals surface area contributed by atoms with Gasteiger partial charge in [-0.3, -0.25) is 9.59 Å². The molecule has 15 nitrogen and oxygen atoms in total. The molecule has 68 heavy (non-hydrogen) atoms. The normalized spacial score (nSPS) is 25.8. The van der Waals surface area contributed by atoms with E-state index in [0.717, 1.165) is 64.2 Å². The van der Waals surface area contributed by atoms with Crippen LogP contribution in [0.2, 0.25) is 0 Å². The second kappa shape index (κ2) is 40.3. The van der Waals surface area contributed by atoms with Crippen molar-refractivity contribution in [1.82, 2.24) is 0 Å². The fourth-order valence-corrected chi connectivity index (χ4v) is 8.34. The fraction of sp³-hybridized carbons (Fsp3) is 0.849. The molecule has 2 heterocycles. The first-order valence-electron chi connectivity index (χ1n) is 26.5. The van der Waals surface area contributed by atoms with Gasteiger partial charge in [0.15, 0.2) is 18.7 Å². The van der Waals surface area contributed by atoms with Gasteiger partial charge in [0.2, 0.25) is 0 Å². The van der Waals surface area contributed by atoms with Crippen LogP contribution in [0.3, 0.4) is 0 Å².